The number of thiazole rings is 1. The zero-order valence-electron chi connectivity index (χ0n) is 8.68. The van der Waals surface area contributed by atoms with E-state index in [0.717, 1.165) is 17.6 Å². The van der Waals surface area contributed by atoms with Gasteiger partial charge in [0.1, 0.15) is 13.0 Å². The maximum atomic E-state index is 11.1. The quantitative estimate of drug-likeness (QED) is 0.373. The number of carbonyl (C=O) groups is 2. The van der Waals surface area contributed by atoms with Crippen molar-refractivity contribution in [3.63, 3.8) is 0 Å². The van der Waals surface area contributed by atoms with Crippen LogP contribution < -0.4 is 10.1 Å². The molecule has 0 saturated heterocycles. The van der Waals surface area contributed by atoms with Gasteiger partial charge in [-0.3, -0.25) is 4.79 Å². The lowest BCUT2D eigenvalue weighted by Gasteiger charge is -1.96. The summed E-state index contributed by atoms with van der Waals surface area (Å²) in [5.74, 6) is -1.23. The first kappa shape index (κ1) is 13.4. The third kappa shape index (κ3) is 4.79. The van der Waals surface area contributed by atoms with E-state index in [1.165, 1.54) is 12.5 Å². The van der Waals surface area contributed by atoms with Crippen LogP contribution in [0.1, 0.15) is 0 Å². The van der Waals surface area contributed by atoms with Gasteiger partial charge in [-0.1, -0.05) is 5.16 Å². The SMILES string of the molecule is CON=CC(=O)Oc1csc(NC(=O)CCl)n1. The number of aromatic nitrogens is 1. The second kappa shape index (κ2) is 6.81. The molecule has 1 aromatic rings. The number of hydrogen-bond acceptors (Lipinski definition) is 7. The fourth-order valence-corrected chi connectivity index (χ4v) is 1.44. The Hall–Kier alpha value is -1.67. The van der Waals surface area contributed by atoms with Gasteiger partial charge >= 0.3 is 5.97 Å². The van der Waals surface area contributed by atoms with Crippen LogP contribution in [0.3, 0.4) is 0 Å². The third-order valence-corrected chi connectivity index (χ3v) is 2.30. The van der Waals surface area contributed by atoms with Crippen molar-refractivity contribution >= 4 is 46.2 Å². The average molecular weight is 278 g/mol. The van der Waals surface area contributed by atoms with Crippen LogP contribution in [-0.4, -0.2) is 36.1 Å². The molecule has 1 aromatic heterocycles. The number of amides is 1. The number of nitrogens with zero attached hydrogens (tertiary/aromatic N) is 2. The van der Waals surface area contributed by atoms with Crippen LogP contribution in [0.2, 0.25) is 0 Å². The van der Waals surface area contributed by atoms with Gasteiger partial charge < -0.3 is 14.9 Å². The topological polar surface area (TPSA) is 89.9 Å². The van der Waals surface area contributed by atoms with Crippen molar-refractivity contribution in [3.8, 4) is 5.88 Å². The van der Waals surface area contributed by atoms with E-state index in [4.69, 9.17) is 16.3 Å². The molecule has 0 aliphatic rings. The van der Waals surface area contributed by atoms with E-state index in [9.17, 15) is 9.59 Å². The van der Waals surface area contributed by atoms with Gasteiger partial charge in [-0.2, -0.15) is 4.98 Å². The minimum atomic E-state index is -0.729. The standard InChI is InChI=1S/C8H8ClN3O4S/c1-15-10-3-7(14)16-6-4-17-8(12-6)11-5(13)2-9/h3-4H,2H2,1H3,(H,11,12,13). The predicted molar refractivity (Wildman–Crippen MR) is 62.6 cm³/mol. The van der Waals surface area contributed by atoms with Gasteiger partial charge in [0, 0.05) is 0 Å². The molecular weight excluding hydrogens is 270 g/mol. The smallest absolute Gasteiger partial charge is 0.359 e. The van der Waals surface area contributed by atoms with Crippen molar-refractivity contribution in [2.75, 3.05) is 18.3 Å². The summed E-state index contributed by atoms with van der Waals surface area (Å²) in [6.45, 7) is 0. The van der Waals surface area contributed by atoms with Gasteiger partial charge in [0.15, 0.2) is 11.3 Å². The molecular formula is C8H8ClN3O4S. The normalized spacial score (nSPS) is 10.2. The van der Waals surface area contributed by atoms with Crippen LogP contribution in [0.25, 0.3) is 0 Å². The molecule has 0 aromatic carbocycles. The maximum Gasteiger partial charge on any atom is 0.359 e. The Morgan fingerprint density at radius 3 is 3.12 bits per heavy atom. The zero-order chi connectivity index (χ0) is 12.7. The molecule has 1 rings (SSSR count). The average Bonchev–Trinajstić information content (AvgIpc) is 2.73. The first-order chi connectivity index (χ1) is 8.15. The summed E-state index contributed by atoms with van der Waals surface area (Å²) >= 11 is 6.40. The summed E-state index contributed by atoms with van der Waals surface area (Å²) in [5.41, 5.74) is 0. The number of halogens is 1. The van der Waals surface area contributed by atoms with E-state index in [-0.39, 0.29) is 17.7 Å². The van der Waals surface area contributed by atoms with E-state index in [2.05, 4.69) is 20.3 Å². The highest BCUT2D eigenvalue weighted by atomic mass is 35.5. The maximum absolute atomic E-state index is 11.1. The predicted octanol–water partition coefficient (Wildman–Crippen LogP) is 0.858. The number of alkyl halides is 1. The molecule has 0 saturated carbocycles. The Morgan fingerprint density at radius 2 is 2.47 bits per heavy atom. The van der Waals surface area contributed by atoms with Crippen LogP contribution in [0, 0.1) is 0 Å². The Kier molecular flexibility index (Phi) is 5.37. The summed E-state index contributed by atoms with van der Waals surface area (Å²) in [4.78, 5) is 30.1. The molecule has 1 heterocycles. The van der Waals surface area contributed by atoms with E-state index in [1.807, 2.05) is 0 Å². The van der Waals surface area contributed by atoms with Crippen molar-refractivity contribution in [2.24, 2.45) is 5.16 Å². The van der Waals surface area contributed by atoms with Crippen molar-refractivity contribution in [2.45, 2.75) is 0 Å². The molecule has 0 bridgehead atoms. The van der Waals surface area contributed by atoms with Crippen LogP contribution in [0.15, 0.2) is 10.5 Å². The first-order valence-electron chi connectivity index (χ1n) is 4.25. The van der Waals surface area contributed by atoms with Crippen molar-refractivity contribution in [1.29, 1.82) is 0 Å². The second-order valence-corrected chi connectivity index (χ2v) is 3.64. The fraction of sp³-hybridized carbons (Fsp3) is 0.250. The summed E-state index contributed by atoms with van der Waals surface area (Å²) in [6.07, 6.45) is 0.858. The number of esters is 1. The third-order valence-electron chi connectivity index (χ3n) is 1.32. The molecule has 9 heteroatoms. The Morgan fingerprint density at radius 1 is 1.71 bits per heavy atom. The van der Waals surface area contributed by atoms with Gasteiger partial charge in [0.25, 0.3) is 0 Å². The second-order valence-electron chi connectivity index (χ2n) is 2.51. The van der Waals surface area contributed by atoms with E-state index < -0.39 is 5.97 Å². The molecule has 0 atom stereocenters. The molecule has 92 valence electrons. The highest BCUT2D eigenvalue weighted by Crippen LogP contribution is 2.20. The number of rotatable bonds is 5. The molecule has 0 radical (unpaired) electrons. The van der Waals surface area contributed by atoms with Gasteiger partial charge in [-0.25, -0.2) is 4.79 Å². The molecule has 0 fully saturated rings. The molecule has 17 heavy (non-hydrogen) atoms. The van der Waals surface area contributed by atoms with Crippen molar-refractivity contribution in [1.82, 2.24) is 4.98 Å². The van der Waals surface area contributed by atoms with Gasteiger partial charge in [0.05, 0.1) is 5.38 Å². The molecule has 0 unspecified atom stereocenters. The summed E-state index contributed by atoms with van der Waals surface area (Å²) in [7, 11) is 1.30. The summed E-state index contributed by atoms with van der Waals surface area (Å²) < 4.78 is 4.76. The molecule has 1 N–H and O–H groups in total. The van der Waals surface area contributed by atoms with Crippen LogP contribution >= 0.6 is 22.9 Å². The summed E-state index contributed by atoms with van der Waals surface area (Å²) in [6, 6.07) is 0. The zero-order valence-corrected chi connectivity index (χ0v) is 10.2. The Labute approximate surface area is 105 Å². The first-order valence-corrected chi connectivity index (χ1v) is 5.66. The fourth-order valence-electron chi connectivity index (χ4n) is 0.741. The monoisotopic (exact) mass is 277 g/mol. The number of anilines is 1. The number of oxime groups is 1. The van der Waals surface area contributed by atoms with Gasteiger partial charge in [-0.05, 0) is 0 Å². The van der Waals surface area contributed by atoms with Gasteiger partial charge in [0.2, 0.25) is 11.8 Å². The molecule has 0 spiro atoms. The van der Waals surface area contributed by atoms with Crippen molar-refractivity contribution in [3.05, 3.63) is 5.38 Å². The number of carbonyl (C=O) groups excluding carboxylic acids is 2. The highest BCUT2D eigenvalue weighted by molar-refractivity contribution is 7.14. The number of hydrogen-bond donors (Lipinski definition) is 1. The minimum absolute atomic E-state index is 0.0624. The van der Waals surface area contributed by atoms with Crippen LogP contribution in [-0.2, 0) is 14.4 Å². The Balaban J connectivity index is 2.53. The minimum Gasteiger partial charge on any atom is -0.402 e. The van der Waals surface area contributed by atoms with Gasteiger partial charge in [-0.15, -0.1) is 22.9 Å². The lowest BCUT2D eigenvalue weighted by Crippen LogP contribution is -2.13. The lowest BCUT2D eigenvalue weighted by molar-refractivity contribution is -0.126. The largest absolute Gasteiger partial charge is 0.402 e. The molecule has 1 amide bonds. The highest BCUT2D eigenvalue weighted by Gasteiger charge is 2.08. The van der Waals surface area contributed by atoms with Crippen LogP contribution in [0.5, 0.6) is 5.88 Å². The van der Waals surface area contributed by atoms with E-state index in [1.54, 1.807) is 0 Å². The van der Waals surface area contributed by atoms with E-state index in [0.29, 0.717) is 5.13 Å². The Bertz CT molecular complexity index is 434. The number of ether oxygens (including phenoxy) is 1. The molecule has 0 aliphatic carbocycles. The summed E-state index contributed by atoms with van der Waals surface area (Å²) in [5, 5.41) is 7.39. The molecule has 0 aliphatic heterocycles. The van der Waals surface area contributed by atoms with E-state index >= 15 is 0 Å². The number of nitrogens with one attached hydrogen (secondary N) is 1. The van der Waals surface area contributed by atoms with Crippen molar-refractivity contribution < 1.29 is 19.2 Å². The molecule has 7 nitrogen and oxygen atoms in total. The van der Waals surface area contributed by atoms with Crippen LogP contribution in [0.4, 0.5) is 5.13 Å². The lowest BCUT2D eigenvalue weighted by atomic mass is 10.7.